The first kappa shape index (κ1) is 14.0. The molecule has 1 aromatic heterocycles. The van der Waals surface area contributed by atoms with Crippen LogP contribution in [0.1, 0.15) is 38.5 Å². The van der Waals surface area contributed by atoms with Crippen LogP contribution >= 0.6 is 11.6 Å². The number of nitrogens with one attached hydrogen (secondary N) is 1. The van der Waals surface area contributed by atoms with Crippen LogP contribution in [-0.4, -0.2) is 18.9 Å². The van der Waals surface area contributed by atoms with Crippen molar-refractivity contribution < 1.29 is 8.42 Å². The Kier molecular flexibility index (Phi) is 3.11. The number of sulfonamides is 1. The van der Waals surface area contributed by atoms with Gasteiger partial charge in [0.15, 0.2) is 0 Å². The van der Waals surface area contributed by atoms with E-state index in [9.17, 15) is 8.42 Å². The molecule has 1 aromatic rings. The second kappa shape index (κ2) is 4.67. The van der Waals surface area contributed by atoms with Gasteiger partial charge in [-0.1, -0.05) is 11.6 Å². The fourth-order valence-electron chi connectivity index (χ4n) is 5.13. The molecule has 0 spiro atoms. The molecule has 0 saturated heterocycles. The molecule has 1 N–H and O–H groups in total. The lowest BCUT2D eigenvalue weighted by molar-refractivity contribution is -0.00810. The van der Waals surface area contributed by atoms with Gasteiger partial charge in [-0.25, -0.2) is 18.1 Å². The maximum Gasteiger partial charge on any atom is 0.241 e. The van der Waals surface area contributed by atoms with Crippen molar-refractivity contribution in [2.75, 3.05) is 0 Å². The Morgan fingerprint density at radius 3 is 2.24 bits per heavy atom. The molecule has 4 aliphatic carbocycles. The summed E-state index contributed by atoms with van der Waals surface area (Å²) >= 11 is 5.82. The van der Waals surface area contributed by atoms with E-state index in [4.69, 9.17) is 11.6 Å². The monoisotopic (exact) mass is 326 g/mol. The Labute approximate surface area is 130 Å². The highest BCUT2D eigenvalue weighted by molar-refractivity contribution is 7.89. The molecular weight excluding hydrogens is 308 g/mol. The summed E-state index contributed by atoms with van der Waals surface area (Å²) in [5.74, 6) is 2.12. The predicted molar refractivity (Wildman–Crippen MR) is 80.5 cm³/mol. The number of aromatic nitrogens is 1. The van der Waals surface area contributed by atoms with Gasteiger partial charge < -0.3 is 0 Å². The van der Waals surface area contributed by atoms with Crippen LogP contribution in [0, 0.1) is 17.8 Å². The average molecular weight is 327 g/mol. The number of hydrogen-bond acceptors (Lipinski definition) is 3. The summed E-state index contributed by atoms with van der Waals surface area (Å²) in [7, 11) is -3.52. The summed E-state index contributed by atoms with van der Waals surface area (Å²) in [5.41, 5.74) is -0.219. The van der Waals surface area contributed by atoms with E-state index in [1.54, 1.807) is 0 Å². The number of halogens is 1. The molecule has 5 rings (SSSR count). The molecule has 114 valence electrons. The molecule has 0 atom stereocenters. The Bertz CT molecular complexity index is 639. The van der Waals surface area contributed by atoms with Crippen molar-refractivity contribution in [3.8, 4) is 0 Å². The fourth-order valence-corrected chi connectivity index (χ4v) is 6.81. The second-order valence-electron chi connectivity index (χ2n) is 7.12. The first-order valence-corrected chi connectivity index (χ1v) is 9.46. The van der Waals surface area contributed by atoms with Crippen molar-refractivity contribution in [1.82, 2.24) is 9.71 Å². The molecule has 4 aliphatic rings. The fraction of sp³-hybridized carbons (Fsp3) is 0.667. The highest BCUT2D eigenvalue weighted by atomic mass is 35.5. The minimum atomic E-state index is -3.52. The van der Waals surface area contributed by atoms with Crippen molar-refractivity contribution in [2.24, 2.45) is 17.8 Å². The Morgan fingerprint density at radius 1 is 1.14 bits per heavy atom. The van der Waals surface area contributed by atoms with E-state index < -0.39 is 10.0 Å². The zero-order chi connectivity index (χ0) is 14.7. The van der Waals surface area contributed by atoms with Gasteiger partial charge in [-0.2, -0.15) is 0 Å². The zero-order valence-electron chi connectivity index (χ0n) is 11.8. The SMILES string of the molecule is O=S(=O)(NC12CC3CC(CC(C3)C1)C2)c1ccnc(Cl)c1. The van der Waals surface area contributed by atoms with E-state index in [0.717, 1.165) is 19.3 Å². The van der Waals surface area contributed by atoms with E-state index in [-0.39, 0.29) is 15.6 Å². The first-order valence-electron chi connectivity index (χ1n) is 7.60. The van der Waals surface area contributed by atoms with E-state index in [2.05, 4.69) is 9.71 Å². The third kappa shape index (κ3) is 2.49. The highest BCUT2D eigenvalue weighted by Gasteiger charge is 2.52. The summed E-state index contributed by atoms with van der Waals surface area (Å²) in [6.45, 7) is 0. The molecule has 1 heterocycles. The van der Waals surface area contributed by atoms with Gasteiger partial charge in [0, 0.05) is 11.7 Å². The molecular formula is C15H19ClN2O2S. The molecule has 21 heavy (non-hydrogen) atoms. The summed E-state index contributed by atoms with van der Waals surface area (Å²) in [4.78, 5) is 4.07. The maximum absolute atomic E-state index is 12.7. The van der Waals surface area contributed by atoms with Crippen LogP contribution in [0.25, 0.3) is 0 Å². The maximum atomic E-state index is 12.7. The Hall–Kier alpha value is -0.650. The molecule has 0 aromatic carbocycles. The minimum Gasteiger partial charge on any atom is -0.244 e. The van der Waals surface area contributed by atoms with Gasteiger partial charge in [-0.15, -0.1) is 0 Å². The topological polar surface area (TPSA) is 59.1 Å². The molecule has 0 unspecified atom stereocenters. The van der Waals surface area contributed by atoms with Crippen molar-refractivity contribution in [3.05, 3.63) is 23.5 Å². The normalized spacial score (nSPS) is 37.9. The van der Waals surface area contributed by atoms with E-state index in [1.807, 2.05) is 0 Å². The van der Waals surface area contributed by atoms with Gasteiger partial charge >= 0.3 is 0 Å². The van der Waals surface area contributed by atoms with Gasteiger partial charge in [-0.3, -0.25) is 0 Å². The van der Waals surface area contributed by atoms with Gasteiger partial charge in [0.1, 0.15) is 5.15 Å². The van der Waals surface area contributed by atoms with E-state index in [0.29, 0.717) is 17.8 Å². The Balaban J connectivity index is 1.63. The number of rotatable bonds is 3. The molecule has 0 amide bonds. The summed E-state index contributed by atoms with van der Waals surface area (Å²) in [6, 6.07) is 2.93. The molecule has 4 bridgehead atoms. The van der Waals surface area contributed by atoms with Gasteiger partial charge in [-0.05, 0) is 68.4 Å². The summed E-state index contributed by atoms with van der Waals surface area (Å²) in [5, 5.41) is 0.211. The van der Waals surface area contributed by atoms with Crippen molar-refractivity contribution >= 4 is 21.6 Å². The highest BCUT2D eigenvalue weighted by Crippen LogP contribution is 2.55. The van der Waals surface area contributed by atoms with Crippen LogP contribution in [-0.2, 0) is 10.0 Å². The number of hydrogen-bond donors (Lipinski definition) is 1. The first-order chi connectivity index (χ1) is 9.94. The van der Waals surface area contributed by atoms with Gasteiger partial charge in [0.05, 0.1) is 4.90 Å². The van der Waals surface area contributed by atoms with Gasteiger partial charge in [0.2, 0.25) is 10.0 Å². The number of pyridine rings is 1. The van der Waals surface area contributed by atoms with Crippen LogP contribution in [0.2, 0.25) is 5.15 Å². The predicted octanol–water partition coefficient (Wildman–Crippen LogP) is 2.98. The molecule has 0 radical (unpaired) electrons. The van der Waals surface area contributed by atoms with Crippen LogP contribution < -0.4 is 4.72 Å². The molecule has 4 saturated carbocycles. The third-order valence-electron chi connectivity index (χ3n) is 5.40. The van der Waals surface area contributed by atoms with Crippen LogP contribution in [0.5, 0.6) is 0 Å². The quantitative estimate of drug-likeness (QED) is 0.869. The third-order valence-corrected chi connectivity index (χ3v) is 7.18. The number of nitrogens with zero attached hydrogens (tertiary/aromatic N) is 1. The van der Waals surface area contributed by atoms with Crippen molar-refractivity contribution in [3.63, 3.8) is 0 Å². The van der Waals surface area contributed by atoms with Crippen molar-refractivity contribution in [1.29, 1.82) is 0 Å². The largest absolute Gasteiger partial charge is 0.244 e. The molecule has 6 heteroatoms. The van der Waals surface area contributed by atoms with Crippen LogP contribution in [0.3, 0.4) is 0 Å². The summed E-state index contributed by atoms with van der Waals surface area (Å²) in [6.07, 6.45) is 8.31. The zero-order valence-corrected chi connectivity index (χ0v) is 13.3. The lowest BCUT2D eigenvalue weighted by Gasteiger charge is -2.56. The van der Waals surface area contributed by atoms with Crippen LogP contribution in [0.4, 0.5) is 0 Å². The molecule has 0 aliphatic heterocycles. The van der Waals surface area contributed by atoms with Crippen LogP contribution in [0.15, 0.2) is 23.2 Å². The average Bonchev–Trinajstić information content (AvgIpc) is 2.35. The van der Waals surface area contributed by atoms with Gasteiger partial charge in [0.25, 0.3) is 0 Å². The van der Waals surface area contributed by atoms with E-state index in [1.165, 1.54) is 37.6 Å². The second-order valence-corrected chi connectivity index (χ2v) is 9.19. The summed E-state index contributed by atoms with van der Waals surface area (Å²) < 4.78 is 28.4. The lowest BCUT2D eigenvalue weighted by Crippen LogP contribution is -2.59. The minimum absolute atomic E-state index is 0.211. The smallest absolute Gasteiger partial charge is 0.241 e. The molecule has 4 nitrogen and oxygen atoms in total. The molecule has 4 fully saturated rings. The van der Waals surface area contributed by atoms with Crippen molar-refractivity contribution in [2.45, 2.75) is 49.0 Å². The van der Waals surface area contributed by atoms with E-state index >= 15 is 0 Å². The standard InChI is InChI=1S/C15H19ClN2O2S/c16-14-6-13(1-2-17-14)21(19,20)18-15-7-10-3-11(8-15)5-12(4-10)9-15/h1-2,6,10-12,18H,3-5,7-9H2. The lowest BCUT2D eigenvalue weighted by atomic mass is 9.53. The Morgan fingerprint density at radius 2 is 1.71 bits per heavy atom.